The van der Waals surface area contributed by atoms with Crippen molar-refractivity contribution in [3.8, 4) is 0 Å². The highest BCUT2D eigenvalue weighted by atomic mass is 19.4. The van der Waals surface area contributed by atoms with E-state index >= 15 is 0 Å². The number of allylic oxidation sites excluding steroid dienone is 2. The fourth-order valence-electron chi connectivity index (χ4n) is 4.56. The molecule has 0 amide bonds. The molecule has 1 aromatic heterocycles. The summed E-state index contributed by atoms with van der Waals surface area (Å²) in [5.41, 5.74) is 2.89. The second kappa shape index (κ2) is 16.7. The molecule has 11 heteroatoms. The van der Waals surface area contributed by atoms with Crippen molar-refractivity contribution >= 4 is 22.8 Å². The maximum absolute atomic E-state index is 13.1. The molecule has 8 nitrogen and oxygen atoms in total. The summed E-state index contributed by atoms with van der Waals surface area (Å²) in [5.74, 6) is -0.412. The van der Waals surface area contributed by atoms with Crippen LogP contribution in [0.25, 0.3) is 10.9 Å². The molecular weight excluding hydrogens is 523 g/mol. The van der Waals surface area contributed by atoms with Crippen LogP contribution >= 0.6 is 0 Å². The number of rotatable bonds is 8. The van der Waals surface area contributed by atoms with E-state index in [1.165, 1.54) is 19.3 Å². The topological polar surface area (TPSA) is 108 Å². The number of halogens is 3. The van der Waals surface area contributed by atoms with Gasteiger partial charge in [0.1, 0.15) is 6.17 Å². The number of fused-ring (bicyclic) bond motifs is 1. The fourth-order valence-corrected chi connectivity index (χ4v) is 4.56. The van der Waals surface area contributed by atoms with Gasteiger partial charge in [-0.1, -0.05) is 47.1 Å². The first kappa shape index (κ1) is 34.7. The molecule has 1 unspecified atom stereocenters. The first-order valence-corrected chi connectivity index (χ1v) is 13.8. The van der Waals surface area contributed by atoms with E-state index in [-0.39, 0.29) is 11.1 Å². The third-order valence-corrected chi connectivity index (χ3v) is 6.88. The van der Waals surface area contributed by atoms with Gasteiger partial charge in [0.25, 0.3) is 5.56 Å². The van der Waals surface area contributed by atoms with Gasteiger partial charge in [0.2, 0.25) is 5.95 Å². The summed E-state index contributed by atoms with van der Waals surface area (Å²) in [6.45, 7) is 9.67. The lowest BCUT2D eigenvalue weighted by Crippen LogP contribution is -2.44. The van der Waals surface area contributed by atoms with Crippen LogP contribution in [-0.4, -0.2) is 40.0 Å². The van der Waals surface area contributed by atoms with Crippen LogP contribution < -0.4 is 21.5 Å². The molecule has 1 aliphatic carbocycles. The van der Waals surface area contributed by atoms with Gasteiger partial charge < -0.3 is 15.7 Å². The van der Waals surface area contributed by atoms with Crippen molar-refractivity contribution in [3.05, 3.63) is 57.5 Å². The molecular formula is C29H44F3N5O3. The lowest BCUT2D eigenvalue weighted by atomic mass is 9.67. The summed E-state index contributed by atoms with van der Waals surface area (Å²) in [6.07, 6.45) is 9.19. The molecule has 2 aromatic rings. The molecule has 1 fully saturated rings. The number of anilines is 1. The average Bonchev–Trinajstić information content (AvgIpc) is 2.92. The molecule has 1 saturated carbocycles. The Bertz CT molecular complexity index is 1220. The summed E-state index contributed by atoms with van der Waals surface area (Å²) in [6, 6.07) is 3.86. The van der Waals surface area contributed by atoms with Gasteiger partial charge in [0, 0.05) is 20.1 Å². The van der Waals surface area contributed by atoms with E-state index in [0.29, 0.717) is 28.8 Å². The van der Waals surface area contributed by atoms with Crippen molar-refractivity contribution in [2.75, 3.05) is 11.9 Å². The fraction of sp³-hybridized carbons (Fsp3) is 0.552. The molecule has 1 atom stereocenters. The normalized spacial score (nSPS) is 16.6. The molecule has 0 bridgehead atoms. The number of hydrogen-bond donors (Lipinski definition) is 4. The molecule has 40 heavy (non-hydrogen) atoms. The first-order valence-electron chi connectivity index (χ1n) is 13.8. The van der Waals surface area contributed by atoms with Gasteiger partial charge in [-0.15, -0.1) is 0 Å². The quantitative estimate of drug-likeness (QED) is 0.309. The van der Waals surface area contributed by atoms with Gasteiger partial charge in [0.05, 0.1) is 16.5 Å². The highest BCUT2D eigenvalue weighted by Crippen LogP contribution is 2.43. The number of carboxylic acid groups (broad SMARTS) is 1. The van der Waals surface area contributed by atoms with E-state index < -0.39 is 18.8 Å². The summed E-state index contributed by atoms with van der Waals surface area (Å²) in [4.78, 5) is 29.5. The van der Waals surface area contributed by atoms with Gasteiger partial charge in [0.15, 0.2) is 0 Å². The van der Waals surface area contributed by atoms with Gasteiger partial charge in [-0.25, -0.2) is 9.78 Å². The molecule has 1 aromatic carbocycles. The second-order valence-corrected chi connectivity index (χ2v) is 9.19. The van der Waals surface area contributed by atoms with Crippen molar-refractivity contribution in [3.63, 3.8) is 0 Å². The van der Waals surface area contributed by atoms with Crippen molar-refractivity contribution in [1.82, 2.24) is 20.2 Å². The van der Waals surface area contributed by atoms with Crippen molar-refractivity contribution in [1.29, 1.82) is 0 Å². The number of dihydropyridines is 1. The smallest absolute Gasteiger partial charge is 0.379 e. The van der Waals surface area contributed by atoms with Gasteiger partial charge in [-0.05, 0) is 67.1 Å². The van der Waals surface area contributed by atoms with E-state index in [4.69, 9.17) is 4.98 Å². The molecule has 224 valence electrons. The number of nitrogens with one attached hydrogen (secondary N) is 3. The molecule has 4 N–H and O–H groups in total. The number of aryl methyl sites for hydroxylation is 1. The lowest BCUT2D eigenvalue weighted by molar-refractivity contribution is -0.133. The summed E-state index contributed by atoms with van der Waals surface area (Å²) < 4.78 is 30.6. The first-order chi connectivity index (χ1) is 19.1. The Hall–Kier alpha value is -3.34. The number of carboxylic acids is 1. The van der Waals surface area contributed by atoms with Crippen LogP contribution in [0.4, 0.5) is 19.1 Å². The predicted molar refractivity (Wildman–Crippen MR) is 155 cm³/mol. The Morgan fingerprint density at radius 1 is 1.23 bits per heavy atom. The van der Waals surface area contributed by atoms with Gasteiger partial charge >= 0.3 is 12.6 Å². The standard InChI is InChI=1S/C24H31N5O3.2C2H6.CHF3/c1-4-24(8-6-9-24)14-27-23-28-19-16(11-15(2)12-18(19)21(30)29(23)3)13-26-20-17(22(31)32)7-5-10-25-20;2*1-2;2-1(3)4/h5,7,10-12,20,25-26H,4,6,8-9,13-14H2,1-3H3,(H,27,28)(H,31,32);2*1-2H3;1H. The van der Waals surface area contributed by atoms with Crippen LogP contribution in [0.15, 0.2) is 40.9 Å². The van der Waals surface area contributed by atoms with Crippen LogP contribution in [-0.2, 0) is 18.4 Å². The van der Waals surface area contributed by atoms with Crippen LogP contribution in [0.2, 0.25) is 0 Å². The number of nitrogens with zero attached hydrogens (tertiary/aromatic N) is 2. The predicted octanol–water partition coefficient (Wildman–Crippen LogP) is 6.01. The third kappa shape index (κ3) is 9.11. The Morgan fingerprint density at radius 3 is 2.38 bits per heavy atom. The van der Waals surface area contributed by atoms with E-state index in [9.17, 15) is 27.9 Å². The van der Waals surface area contributed by atoms with E-state index in [2.05, 4.69) is 22.9 Å². The SMILES string of the molecule is CC.CC.CCC1(CNc2nc3c(CNC4NC=CC=C4C(=O)O)cc(C)cc3c(=O)n2C)CCC1.FC(F)F. The number of aromatic nitrogens is 2. The Kier molecular flexibility index (Phi) is 14.5. The Balaban J connectivity index is 0.000000902. The molecule has 0 saturated heterocycles. The molecule has 4 rings (SSSR count). The van der Waals surface area contributed by atoms with Crippen LogP contribution in [0.3, 0.4) is 0 Å². The van der Waals surface area contributed by atoms with Crippen molar-refractivity contribution in [2.45, 2.75) is 86.6 Å². The highest BCUT2D eigenvalue weighted by Gasteiger charge is 2.35. The van der Waals surface area contributed by atoms with Crippen LogP contribution in [0.5, 0.6) is 0 Å². The molecule has 2 heterocycles. The summed E-state index contributed by atoms with van der Waals surface area (Å²) in [5, 5.41) is 19.7. The second-order valence-electron chi connectivity index (χ2n) is 9.19. The van der Waals surface area contributed by atoms with E-state index in [1.54, 1.807) is 30.0 Å². The number of aliphatic carboxylic acids is 1. The number of hydrogen-bond acceptors (Lipinski definition) is 6. The minimum absolute atomic E-state index is 0.0912. The van der Waals surface area contributed by atoms with E-state index in [1.807, 2.05) is 46.8 Å². The Morgan fingerprint density at radius 2 is 1.85 bits per heavy atom. The maximum atomic E-state index is 13.1. The maximum Gasteiger partial charge on any atom is 0.379 e. The average molecular weight is 568 g/mol. The zero-order valence-electron chi connectivity index (χ0n) is 24.6. The van der Waals surface area contributed by atoms with Gasteiger partial charge in [-0.3, -0.25) is 14.7 Å². The Labute approximate surface area is 234 Å². The van der Waals surface area contributed by atoms with Gasteiger partial charge in [-0.2, -0.15) is 13.2 Å². The number of alkyl halides is 3. The molecule has 0 radical (unpaired) electrons. The highest BCUT2D eigenvalue weighted by molar-refractivity contribution is 5.88. The monoisotopic (exact) mass is 567 g/mol. The largest absolute Gasteiger partial charge is 0.478 e. The number of carbonyl (C=O) groups is 1. The number of benzene rings is 1. The lowest BCUT2D eigenvalue weighted by Gasteiger charge is -2.41. The van der Waals surface area contributed by atoms with Crippen LogP contribution in [0, 0.1) is 12.3 Å². The molecule has 0 spiro atoms. The summed E-state index contributed by atoms with van der Waals surface area (Å²) >= 11 is 0. The molecule has 2 aliphatic rings. The van der Waals surface area contributed by atoms with Crippen molar-refractivity contribution in [2.24, 2.45) is 12.5 Å². The summed E-state index contributed by atoms with van der Waals surface area (Å²) in [7, 11) is 1.75. The third-order valence-electron chi connectivity index (χ3n) is 6.88. The zero-order chi connectivity index (χ0) is 30.5. The molecule has 1 aliphatic heterocycles. The van der Waals surface area contributed by atoms with Crippen molar-refractivity contribution < 1.29 is 23.1 Å². The van der Waals surface area contributed by atoms with E-state index in [0.717, 1.165) is 24.1 Å². The minimum atomic E-state index is -3.67. The zero-order valence-corrected chi connectivity index (χ0v) is 24.6. The van der Waals surface area contributed by atoms with Crippen LogP contribution in [0.1, 0.15) is 71.4 Å². The minimum Gasteiger partial charge on any atom is -0.478 e.